The van der Waals surface area contributed by atoms with Crippen LogP contribution in [0, 0.1) is 0 Å². The molecule has 94 valence electrons. The first-order chi connectivity index (χ1) is 9.25. The van der Waals surface area contributed by atoms with Gasteiger partial charge in [0, 0.05) is 28.2 Å². The number of H-pyrrole nitrogens is 1. The number of carbonyl (C=O) groups is 1. The first kappa shape index (κ1) is 11.7. The largest absolute Gasteiger partial charge is 0.366 e. The van der Waals surface area contributed by atoms with Crippen molar-refractivity contribution in [2.24, 2.45) is 5.73 Å². The van der Waals surface area contributed by atoms with Crippen LogP contribution in [-0.4, -0.2) is 15.9 Å². The van der Waals surface area contributed by atoms with Gasteiger partial charge in [-0.25, -0.2) is 4.98 Å². The number of aromatic nitrogens is 2. The van der Waals surface area contributed by atoms with Crippen LogP contribution in [0.5, 0.6) is 0 Å². The molecule has 5 heteroatoms. The Labute approximate surface area is 113 Å². The Morgan fingerprint density at radius 1 is 1.37 bits per heavy atom. The summed E-state index contributed by atoms with van der Waals surface area (Å²) < 4.78 is 0. The lowest BCUT2D eigenvalue weighted by molar-refractivity contribution is -0.112. The summed E-state index contributed by atoms with van der Waals surface area (Å²) in [5.41, 5.74) is 7.68. The first-order valence-corrected chi connectivity index (χ1v) is 6.61. The van der Waals surface area contributed by atoms with E-state index < -0.39 is 5.91 Å². The molecule has 0 aromatic carbocycles. The van der Waals surface area contributed by atoms with Crippen LogP contribution in [0.3, 0.4) is 0 Å². The molecule has 0 bridgehead atoms. The van der Waals surface area contributed by atoms with Gasteiger partial charge in [-0.3, -0.25) is 4.79 Å². The van der Waals surface area contributed by atoms with Crippen molar-refractivity contribution in [3.05, 3.63) is 52.5 Å². The number of nitrogens with two attached hydrogens (primary N) is 1. The number of primary amides is 1. The van der Waals surface area contributed by atoms with Crippen molar-refractivity contribution in [3.8, 4) is 0 Å². The third-order valence-corrected chi connectivity index (χ3v) is 3.74. The van der Waals surface area contributed by atoms with Gasteiger partial charge in [0.1, 0.15) is 5.65 Å². The van der Waals surface area contributed by atoms with E-state index in [0.717, 1.165) is 21.5 Å². The quantitative estimate of drug-likeness (QED) is 0.717. The van der Waals surface area contributed by atoms with Crippen molar-refractivity contribution < 1.29 is 4.79 Å². The van der Waals surface area contributed by atoms with Gasteiger partial charge in [0.05, 0.1) is 5.57 Å². The highest BCUT2D eigenvalue weighted by molar-refractivity contribution is 7.11. The molecule has 3 aromatic rings. The summed E-state index contributed by atoms with van der Waals surface area (Å²) in [6.07, 6.45) is 5.35. The number of hydrogen-bond acceptors (Lipinski definition) is 3. The van der Waals surface area contributed by atoms with E-state index in [0.29, 0.717) is 5.57 Å². The number of amides is 1. The zero-order chi connectivity index (χ0) is 13.2. The minimum absolute atomic E-state index is 0.430. The number of rotatable bonds is 3. The van der Waals surface area contributed by atoms with Crippen molar-refractivity contribution in [1.29, 1.82) is 0 Å². The second-order valence-electron chi connectivity index (χ2n) is 4.04. The third-order valence-electron chi connectivity index (χ3n) is 2.84. The lowest BCUT2D eigenvalue weighted by Crippen LogP contribution is -2.11. The fourth-order valence-corrected chi connectivity index (χ4v) is 2.69. The molecular formula is C14H11N3OS. The van der Waals surface area contributed by atoms with Gasteiger partial charge >= 0.3 is 0 Å². The summed E-state index contributed by atoms with van der Waals surface area (Å²) in [5, 5.41) is 2.89. The zero-order valence-corrected chi connectivity index (χ0v) is 10.8. The number of nitrogens with zero attached hydrogens (tertiary/aromatic N) is 1. The molecule has 1 amide bonds. The molecule has 0 saturated carbocycles. The highest BCUT2D eigenvalue weighted by Crippen LogP contribution is 2.25. The minimum Gasteiger partial charge on any atom is -0.366 e. The van der Waals surface area contributed by atoms with Crippen LogP contribution in [0.25, 0.3) is 22.7 Å². The topological polar surface area (TPSA) is 71.8 Å². The molecule has 0 aliphatic carbocycles. The Balaban J connectivity index is 2.15. The van der Waals surface area contributed by atoms with Crippen LogP contribution in [0.4, 0.5) is 0 Å². The number of nitrogens with one attached hydrogen (secondary N) is 1. The molecule has 0 aliphatic heterocycles. The molecule has 0 radical (unpaired) electrons. The molecule has 3 rings (SSSR count). The van der Waals surface area contributed by atoms with Crippen LogP contribution in [0.15, 0.2) is 42.0 Å². The minimum atomic E-state index is -0.430. The molecule has 3 N–H and O–H groups in total. The predicted octanol–water partition coefficient (Wildman–Crippen LogP) is 2.65. The van der Waals surface area contributed by atoms with Gasteiger partial charge in [0.15, 0.2) is 0 Å². The van der Waals surface area contributed by atoms with E-state index in [1.54, 1.807) is 12.3 Å². The smallest absolute Gasteiger partial charge is 0.250 e. The summed E-state index contributed by atoms with van der Waals surface area (Å²) in [6, 6.07) is 7.60. The average molecular weight is 269 g/mol. The molecule has 0 saturated heterocycles. The highest BCUT2D eigenvalue weighted by atomic mass is 32.1. The molecule has 0 fully saturated rings. The van der Waals surface area contributed by atoms with Crippen LogP contribution < -0.4 is 5.73 Å². The molecule has 0 aliphatic rings. The molecule has 3 aromatic heterocycles. The Hall–Kier alpha value is -2.40. The van der Waals surface area contributed by atoms with Gasteiger partial charge in [-0.1, -0.05) is 6.07 Å². The molecule has 4 nitrogen and oxygen atoms in total. The van der Waals surface area contributed by atoms with E-state index in [1.165, 1.54) is 11.3 Å². The van der Waals surface area contributed by atoms with Gasteiger partial charge < -0.3 is 10.7 Å². The van der Waals surface area contributed by atoms with Crippen molar-refractivity contribution >= 4 is 39.9 Å². The van der Waals surface area contributed by atoms with Gasteiger partial charge in [0.25, 0.3) is 0 Å². The van der Waals surface area contributed by atoms with Crippen molar-refractivity contribution in [3.63, 3.8) is 0 Å². The van der Waals surface area contributed by atoms with E-state index in [-0.39, 0.29) is 0 Å². The van der Waals surface area contributed by atoms with Gasteiger partial charge in [-0.2, -0.15) is 0 Å². The molecule has 19 heavy (non-hydrogen) atoms. The van der Waals surface area contributed by atoms with Crippen molar-refractivity contribution in [1.82, 2.24) is 9.97 Å². The fourth-order valence-electron chi connectivity index (χ4n) is 1.95. The highest BCUT2D eigenvalue weighted by Gasteiger charge is 2.11. The van der Waals surface area contributed by atoms with E-state index >= 15 is 0 Å². The van der Waals surface area contributed by atoms with E-state index in [9.17, 15) is 4.79 Å². The normalized spacial score (nSPS) is 11.9. The van der Waals surface area contributed by atoms with Gasteiger partial charge in [0.2, 0.25) is 5.91 Å². The maximum atomic E-state index is 11.6. The fraction of sp³-hybridized carbons (Fsp3) is 0. The third kappa shape index (κ3) is 2.15. The van der Waals surface area contributed by atoms with E-state index in [2.05, 4.69) is 9.97 Å². The second kappa shape index (κ2) is 4.70. The number of thiophene rings is 1. The Morgan fingerprint density at radius 3 is 3.00 bits per heavy atom. The molecule has 0 unspecified atom stereocenters. The summed E-state index contributed by atoms with van der Waals surface area (Å²) in [5.74, 6) is -0.430. The summed E-state index contributed by atoms with van der Waals surface area (Å²) in [4.78, 5) is 19.8. The predicted molar refractivity (Wildman–Crippen MR) is 77.5 cm³/mol. The Kier molecular flexibility index (Phi) is 2.89. The van der Waals surface area contributed by atoms with Crippen molar-refractivity contribution in [2.45, 2.75) is 0 Å². The monoisotopic (exact) mass is 269 g/mol. The van der Waals surface area contributed by atoms with Gasteiger partial charge in [-0.15, -0.1) is 11.3 Å². The summed E-state index contributed by atoms with van der Waals surface area (Å²) in [7, 11) is 0. The number of hydrogen-bond donors (Lipinski definition) is 2. The Bertz CT molecular complexity index is 756. The summed E-state index contributed by atoms with van der Waals surface area (Å²) >= 11 is 1.49. The maximum absolute atomic E-state index is 11.6. The number of fused-ring (bicyclic) bond motifs is 1. The first-order valence-electron chi connectivity index (χ1n) is 5.73. The molecule has 0 spiro atoms. The second-order valence-corrected chi connectivity index (χ2v) is 4.99. The van der Waals surface area contributed by atoms with E-state index in [1.807, 2.05) is 35.8 Å². The zero-order valence-electron chi connectivity index (χ0n) is 9.96. The number of aromatic amines is 1. The van der Waals surface area contributed by atoms with Gasteiger partial charge in [-0.05, 0) is 29.7 Å². The van der Waals surface area contributed by atoms with Crippen LogP contribution in [0.1, 0.15) is 10.4 Å². The SMILES string of the molecule is NC(=O)C(=Cc1c[nH]c2ncccc12)c1cccs1. The standard InChI is InChI=1S/C14H11N3OS/c15-13(18)11(12-4-2-6-19-12)7-9-8-17-14-10(9)3-1-5-16-14/h1-8H,(H2,15,18)(H,16,17). The van der Waals surface area contributed by atoms with Crippen LogP contribution in [0.2, 0.25) is 0 Å². The lowest BCUT2D eigenvalue weighted by atomic mass is 10.1. The van der Waals surface area contributed by atoms with Crippen molar-refractivity contribution in [2.75, 3.05) is 0 Å². The lowest BCUT2D eigenvalue weighted by Gasteiger charge is -1.99. The number of carbonyl (C=O) groups excluding carboxylic acids is 1. The van der Waals surface area contributed by atoms with Crippen LogP contribution in [-0.2, 0) is 4.79 Å². The molecular weight excluding hydrogens is 258 g/mol. The van der Waals surface area contributed by atoms with Crippen LogP contribution >= 0.6 is 11.3 Å². The molecule has 3 heterocycles. The number of pyridine rings is 1. The average Bonchev–Trinajstić information content (AvgIpc) is 3.05. The molecule has 0 atom stereocenters. The summed E-state index contributed by atoms with van der Waals surface area (Å²) in [6.45, 7) is 0. The maximum Gasteiger partial charge on any atom is 0.250 e. The van der Waals surface area contributed by atoms with E-state index in [4.69, 9.17) is 5.73 Å². The Morgan fingerprint density at radius 2 is 2.26 bits per heavy atom.